The summed E-state index contributed by atoms with van der Waals surface area (Å²) in [6, 6.07) is 0. The number of aromatic nitrogens is 4. The van der Waals surface area contributed by atoms with Gasteiger partial charge in [0.05, 0.1) is 13.7 Å². The molecule has 0 spiro atoms. The fraction of sp³-hybridized carbons (Fsp3) is 0.545. The molecule has 3 heterocycles. The lowest BCUT2D eigenvalue weighted by Gasteiger charge is -2.15. The lowest BCUT2D eigenvalue weighted by molar-refractivity contribution is -0.745. The van der Waals surface area contributed by atoms with Crippen molar-refractivity contribution >= 4 is 35.6 Å². The zero-order chi connectivity index (χ0) is 18.5. The van der Waals surface area contributed by atoms with E-state index >= 15 is 0 Å². The van der Waals surface area contributed by atoms with Crippen LogP contribution in [-0.4, -0.2) is 59.5 Å². The van der Waals surface area contributed by atoms with Crippen LogP contribution in [0, 0.1) is 0 Å². The average Bonchev–Trinajstić information content (AvgIpc) is 2.95. The minimum atomic E-state index is -3.93. The minimum absolute atomic E-state index is 0.119. The smallest absolute Gasteiger partial charge is 0.321 e. The van der Waals surface area contributed by atoms with Crippen LogP contribution in [0.2, 0.25) is 0 Å². The molecule has 1 aliphatic heterocycles. The van der Waals surface area contributed by atoms with Gasteiger partial charge in [0, 0.05) is 0 Å². The third kappa shape index (κ3) is 3.45. The molecule has 1 fully saturated rings. The van der Waals surface area contributed by atoms with Crippen molar-refractivity contribution in [3.8, 4) is 0 Å². The fourth-order valence-electron chi connectivity index (χ4n) is 2.72. The SMILES string of the molecule is Cn1c[n+]([C@@H]2O[C@H](COP(O)(O)=S)[C@@H](O)[C@H]2O)c2nc(N)[nH]c(=O)c21. The predicted octanol–water partition coefficient (Wildman–Crippen LogP) is -3.02. The van der Waals surface area contributed by atoms with Crippen LogP contribution in [0.4, 0.5) is 5.95 Å². The topological polar surface area (TPSA) is 180 Å². The van der Waals surface area contributed by atoms with Crippen molar-refractivity contribution in [1.82, 2.24) is 14.5 Å². The minimum Gasteiger partial charge on any atom is -0.387 e. The highest BCUT2D eigenvalue weighted by molar-refractivity contribution is 8.06. The molecule has 0 unspecified atom stereocenters. The molecule has 0 bridgehead atoms. The van der Waals surface area contributed by atoms with E-state index in [1.807, 2.05) is 0 Å². The van der Waals surface area contributed by atoms with Crippen LogP contribution in [0.3, 0.4) is 0 Å². The Kier molecular flexibility index (Phi) is 4.68. The quantitative estimate of drug-likeness (QED) is 0.231. The van der Waals surface area contributed by atoms with Gasteiger partial charge in [0.25, 0.3) is 11.5 Å². The van der Waals surface area contributed by atoms with Crippen LogP contribution in [0.15, 0.2) is 11.1 Å². The number of nitrogens with zero attached hydrogens (tertiary/aromatic N) is 3. The summed E-state index contributed by atoms with van der Waals surface area (Å²) in [7, 11) is 1.60. The molecule has 138 valence electrons. The maximum atomic E-state index is 12.0. The number of hydrogen-bond acceptors (Lipinski definition) is 8. The summed E-state index contributed by atoms with van der Waals surface area (Å²) < 4.78 is 13.0. The Morgan fingerprint density at radius 2 is 2.20 bits per heavy atom. The van der Waals surface area contributed by atoms with E-state index in [2.05, 4.69) is 26.3 Å². The first-order valence-electron chi connectivity index (χ1n) is 7.06. The number of aliphatic hydroxyl groups is 2. The molecule has 4 atom stereocenters. The Hall–Kier alpha value is -1.44. The molecule has 2 aromatic rings. The second kappa shape index (κ2) is 6.37. The van der Waals surface area contributed by atoms with Crippen LogP contribution in [0.25, 0.3) is 11.2 Å². The number of ether oxygens (including phenoxy) is 1. The van der Waals surface area contributed by atoms with Crippen molar-refractivity contribution in [3.05, 3.63) is 16.7 Å². The summed E-state index contributed by atoms with van der Waals surface area (Å²) >= 11 is 4.34. The third-order valence-electron chi connectivity index (χ3n) is 3.81. The van der Waals surface area contributed by atoms with Gasteiger partial charge in [-0.2, -0.15) is 0 Å². The molecule has 0 saturated carbocycles. The fourth-order valence-corrected chi connectivity index (χ4v) is 3.25. The Balaban J connectivity index is 1.96. The van der Waals surface area contributed by atoms with E-state index < -0.39 is 43.4 Å². The van der Waals surface area contributed by atoms with Gasteiger partial charge in [0.15, 0.2) is 6.33 Å². The molecule has 3 rings (SSSR count). The van der Waals surface area contributed by atoms with Gasteiger partial charge in [-0.05, 0) is 11.8 Å². The number of rotatable bonds is 4. The Labute approximate surface area is 145 Å². The number of aryl methyl sites for hydroxylation is 1. The molecule has 12 nitrogen and oxygen atoms in total. The number of imidazole rings is 1. The highest BCUT2D eigenvalue weighted by atomic mass is 32.5. The molecule has 14 heteroatoms. The predicted molar refractivity (Wildman–Crippen MR) is 86.5 cm³/mol. The normalized spacial score (nSPS) is 27.2. The number of anilines is 1. The summed E-state index contributed by atoms with van der Waals surface area (Å²) in [5.74, 6) is -0.119. The highest BCUT2D eigenvalue weighted by Gasteiger charge is 2.47. The third-order valence-corrected chi connectivity index (χ3v) is 4.61. The number of hydrogen-bond donors (Lipinski definition) is 6. The molecular weight excluding hydrogens is 377 g/mol. The summed E-state index contributed by atoms with van der Waals surface area (Å²) in [5, 5.41) is 20.4. The van der Waals surface area contributed by atoms with Crippen molar-refractivity contribution < 1.29 is 33.8 Å². The van der Waals surface area contributed by atoms with Crippen LogP contribution in [0.1, 0.15) is 6.23 Å². The zero-order valence-corrected chi connectivity index (χ0v) is 14.6. The van der Waals surface area contributed by atoms with Gasteiger partial charge in [-0.15, -0.1) is 0 Å². The number of aromatic amines is 1. The number of H-pyrrole nitrogens is 1. The highest BCUT2D eigenvalue weighted by Crippen LogP contribution is 2.38. The maximum Gasteiger partial charge on any atom is 0.321 e. The molecule has 1 aliphatic rings. The van der Waals surface area contributed by atoms with Crippen LogP contribution in [0.5, 0.6) is 0 Å². The summed E-state index contributed by atoms with van der Waals surface area (Å²) in [6.07, 6.45) is -3.48. The molecular formula is C11H17N5O7PS+. The first-order valence-corrected chi connectivity index (χ1v) is 9.68. The van der Waals surface area contributed by atoms with Gasteiger partial charge < -0.3 is 35.0 Å². The maximum absolute atomic E-state index is 12.0. The Morgan fingerprint density at radius 1 is 1.52 bits per heavy atom. The molecule has 0 aromatic carbocycles. The lowest BCUT2D eigenvalue weighted by atomic mass is 10.1. The van der Waals surface area contributed by atoms with Crippen molar-refractivity contribution in [2.45, 2.75) is 24.5 Å². The second-order valence-corrected chi connectivity index (χ2v) is 8.26. The van der Waals surface area contributed by atoms with E-state index in [1.54, 1.807) is 7.05 Å². The van der Waals surface area contributed by atoms with Crippen LogP contribution in [-0.2, 0) is 28.1 Å². The molecule has 2 aromatic heterocycles. The standard InChI is InChI=1S/C11H16N5O7PS/c1-15-3-16(8-5(15)9(19)14-11(12)13-8)10-7(18)6(17)4(23-10)2-22-24(20,21)25/h3-4,6-7,10,17-18H,2H2,1H3,(H4-,12,13,14,19,20,21,25)/p+1/t4-,6-,7-,10-/m1/s1. The van der Waals surface area contributed by atoms with Crippen LogP contribution < -0.4 is 15.9 Å². The largest absolute Gasteiger partial charge is 0.387 e. The van der Waals surface area contributed by atoms with Crippen molar-refractivity contribution in [1.29, 1.82) is 0 Å². The van der Waals surface area contributed by atoms with E-state index in [0.717, 1.165) is 0 Å². The molecule has 0 amide bonds. The number of aliphatic hydroxyl groups excluding tert-OH is 2. The molecule has 1 saturated heterocycles. The van der Waals surface area contributed by atoms with E-state index in [4.69, 9.17) is 20.3 Å². The molecule has 0 radical (unpaired) electrons. The number of nitrogen functional groups attached to an aromatic ring is 1. The number of nitrogens with one attached hydrogen (secondary N) is 1. The molecule has 7 N–H and O–H groups in total. The van der Waals surface area contributed by atoms with Gasteiger partial charge in [0.1, 0.15) is 18.3 Å². The zero-order valence-electron chi connectivity index (χ0n) is 12.9. The monoisotopic (exact) mass is 394 g/mol. The van der Waals surface area contributed by atoms with Gasteiger partial charge >= 0.3 is 12.4 Å². The van der Waals surface area contributed by atoms with Gasteiger partial charge in [-0.1, -0.05) is 4.98 Å². The summed E-state index contributed by atoms with van der Waals surface area (Å²) in [6.45, 7) is -4.36. The van der Waals surface area contributed by atoms with Crippen LogP contribution >= 0.6 is 6.72 Å². The number of nitrogens with two attached hydrogens (primary N) is 1. The first-order chi connectivity index (χ1) is 11.6. The molecule has 25 heavy (non-hydrogen) atoms. The van der Waals surface area contributed by atoms with E-state index in [1.165, 1.54) is 15.5 Å². The Morgan fingerprint density at radius 3 is 2.84 bits per heavy atom. The van der Waals surface area contributed by atoms with Crippen molar-refractivity contribution in [2.75, 3.05) is 12.3 Å². The van der Waals surface area contributed by atoms with E-state index in [9.17, 15) is 15.0 Å². The second-order valence-electron chi connectivity index (χ2n) is 5.59. The lowest BCUT2D eigenvalue weighted by Crippen LogP contribution is -2.46. The van der Waals surface area contributed by atoms with Gasteiger partial charge in [0.2, 0.25) is 11.7 Å². The van der Waals surface area contributed by atoms with E-state index in [-0.39, 0.29) is 17.1 Å². The first kappa shape index (κ1) is 18.4. The van der Waals surface area contributed by atoms with E-state index in [0.29, 0.717) is 0 Å². The average molecular weight is 394 g/mol. The Bertz CT molecular complexity index is 910. The van der Waals surface area contributed by atoms with Crippen molar-refractivity contribution in [3.63, 3.8) is 0 Å². The van der Waals surface area contributed by atoms with Crippen molar-refractivity contribution in [2.24, 2.45) is 7.05 Å². The van der Waals surface area contributed by atoms with Gasteiger partial charge in [-0.25, -0.2) is 4.57 Å². The van der Waals surface area contributed by atoms with Gasteiger partial charge in [-0.3, -0.25) is 14.3 Å². The summed E-state index contributed by atoms with van der Waals surface area (Å²) in [4.78, 5) is 36.6. The molecule has 0 aliphatic carbocycles. The summed E-state index contributed by atoms with van der Waals surface area (Å²) in [5.41, 5.74) is 5.43. The number of fused-ring (bicyclic) bond motifs is 1.